The van der Waals surface area contributed by atoms with Gasteiger partial charge in [-0.3, -0.25) is 0 Å². The largest absolute Gasteiger partial charge is 0.192 e. The molecular weight excluding hydrogens is 218 g/mol. The fourth-order valence-corrected chi connectivity index (χ4v) is 2.39. The van der Waals surface area contributed by atoms with Crippen LogP contribution in [0, 0.1) is 18.3 Å². The highest BCUT2D eigenvalue weighted by Gasteiger charge is 2.24. The standard InChI is InChI=1S/C17H15N/c1-12-3-2-4-15(9-12)17-8-7-14(13-5-6-13)10-16(17)11-18/h2-4,7-10,13H,5-6H2,1H3. The molecule has 0 spiro atoms. The minimum absolute atomic E-state index is 0.698. The van der Waals surface area contributed by atoms with Gasteiger partial charge in [-0.1, -0.05) is 42.0 Å². The maximum Gasteiger partial charge on any atom is 0.0998 e. The Morgan fingerprint density at radius 3 is 2.61 bits per heavy atom. The normalized spacial score (nSPS) is 14.2. The number of aryl methyl sites for hydroxylation is 1. The first-order valence-corrected chi connectivity index (χ1v) is 6.39. The van der Waals surface area contributed by atoms with Crippen LogP contribution in [-0.4, -0.2) is 0 Å². The molecule has 0 bridgehead atoms. The van der Waals surface area contributed by atoms with E-state index in [4.69, 9.17) is 0 Å². The zero-order valence-electron chi connectivity index (χ0n) is 10.5. The van der Waals surface area contributed by atoms with E-state index in [-0.39, 0.29) is 0 Å². The summed E-state index contributed by atoms with van der Waals surface area (Å²) in [6.45, 7) is 2.08. The van der Waals surface area contributed by atoms with Crippen molar-refractivity contribution in [1.82, 2.24) is 0 Å². The molecule has 0 aromatic heterocycles. The van der Waals surface area contributed by atoms with Crippen molar-refractivity contribution in [1.29, 1.82) is 5.26 Å². The Labute approximate surface area is 108 Å². The van der Waals surface area contributed by atoms with E-state index in [0.29, 0.717) is 5.92 Å². The molecule has 1 aliphatic rings. The van der Waals surface area contributed by atoms with E-state index >= 15 is 0 Å². The molecule has 1 heteroatoms. The molecule has 1 saturated carbocycles. The van der Waals surface area contributed by atoms with E-state index in [1.165, 1.54) is 24.0 Å². The smallest absolute Gasteiger partial charge is 0.0998 e. The monoisotopic (exact) mass is 233 g/mol. The van der Waals surface area contributed by atoms with Gasteiger partial charge in [-0.2, -0.15) is 5.26 Å². The summed E-state index contributed by atoms with van der Waals surface area (Å²) in [6.07, 6.45) is 2.54. The van der Waals surface area contributed by atoms with Crippen LogP contribution in [0.15, 0.2) is 42.5 Å². The lowest BCUT2D eigenvalue weighted by molar-refractivity contribution is 1.13. The number of benzene rings is 2. The quantitative estimate of drug-likeness (QED) is 0.753. The van der Waals surface area contributed by atoms with Gasteiger partial charge in [0.25, 0.3) is 0 Å². The van der Waals surface area contributed by atoms with E-state index in [1.807, 2.05) is 6.07 Å². The number of nitrogens with zero attached hydrogens (tertiary/aromatic N) is 1. The van der Waals surface area contributed by atoms with Gasteiger partial charge in [0.2, 0.25) is 0 Å². The first-order valence-electron chi connectivity index (χ1n) is 6.39. The summed E-state index contributed by atoms with van der Waals surface area (Å²) in [6, 6.07) is 17.0. The van der Waals surface area contributed by atoms with Gasteiger partial charge in [-0.05, 0) is 48.4 Å². The van der Waals surface area contributed by atoms with Crippen molar-refractivity contribution in [3.8, 4) is 17.2 Å². The molecule has 18 heavy (non-hydrogen) atoms. The summed E-state index contributed by atoms with van der Waals surface area (Å²) in [5.41, 5.74) is 5.52. The summed E-state index contributed by atoms with van der Waals surface area (Å²) in [5, 5.41) is 9.33. The predicted molar refractivity (Wildman–Crippen MR) is 73.3 cm³/mol. The minimum Gasteiger partial charge on any atom is -0.192 e. The van der Waals surface area contributed by atoms with Crippen molar-refractivity contribution in [2.45, 2.75) is 25.7 Å². The fourth-order valence-electron chi connectivity index (χ4n) is 2.39. The van der Waals surface area contributed by atoms with Crippen LogP contribution in [0.2, 0.25) is 0 Å². The van der Waals surface area contributed by atoms with Crippen LogP contribution < -0.4 is 0 Å². The van der Waals surface area contributed by atoms with Gasteiger partial charge in [0.05, 0.1) is 11.6 Å². The average Bonchev–Trinajstić information content (AvgIpc) is 3.22. The van der Waals surface area contributed by atoms with Gasteiger partial charge in [0, 0.05) is 0 Å². The topological polar surface area (TPSA) is 23.8 Å². The Balaban J connectivity index is 2.09. The number of hydrogen-bond donors (Lipinski definition) is 0. The second-order valence-electron chi connectivity index (χ2n) is 5.06. The highest BCUT2D eigenvalue weighted by Crippen LogP contribution is 2.41. The lowest BCUT2D eigenvalue weighted by Crippen LogP contribution is -1.88. The first kappa shape index (κ1) is 11.0. The van der Waals surface area contributed by atoms with Crippen molar-refractivity contribution < 1.29 is 0 Å². The molecule has 0 heterocycles. The predicted octanol–water partition coefficient (Wildman–Crippen LogP) is 4.41. The average molecular weight is 233 g/mol. The zero-order chi connectivity index (χ0) is 12.5. The van der Waals surface area contributed by atoms with E-state index in [2.05, 4.69) is 49.4 Å². The van der Waals surface area contributed by atoms with Gasteiger partial charge >= 0.3 is 0 Å². The first-order chi connectivity index (χ1) is 8.78. The number of hydrogen-bond acceptors (Lipinski definition) is 1. The molecule has 2 aromatic carbocycles. The van der Waals surface area contributed by atoms with Crippen molar-refractivity contribution in [3.05, 3.63) is 59.2 Å². The molecule has 88 valence electrons. The molecular formula is C17H15N. The maximum atomic E-state index is 9.33. The molecule has 1 nitrogen and oxygen atoms in total. The second kappa shape index (κ2) is 4.31. The molecule has 0 amide bonds. The van der Waals surface area contributed by atoms with Gasteiger partial charge in [-0.25, -0.2) is 0 Å². The molecule has 0 atom stereocenters. The summed E-state index contributed by atoms with van der Waals surface area (Å²) >= 11 is 0. The highest BCUT2D eigenvalue weighted by molar-refractivity contribution is 5.71. The molecule has 2 aromatic rings. The van der Waals surface area contributed by atoms with Crippen molar-refractivity contribution in [2.24, 2.45) is 0 Å². The number of rotatable bonds is 2. The van der Waals surface area contributed by atoms with Gasteiger partial charge in [0.15, 0.2) is 0 Å². The lowest BCUT2D eigenvalue weighted by Gasteiger charge is -2.07. The van der Waals surface area contributed by atoms with E-state index in [1.54, 1.807) is 0 Å². The summed E-state index contributed by atoms with van der Waals surface area (Å²) < 4.78 is 0. The molecule has 0 radical (unpaired) electrons. The molecule has 3 rings (SSSR count). The Hall–Kier alpha value is -2.07. The fraction of sp³-hybridized carbons (Fsp3) is 0.235. The van der Waals surface area contributed by atoms with E-state index < -0.39 is 0 Å². The van der Waals surface area contributed by atoms with Gasteiger partial charge < -0.3 is 0 Å². The maximum absolute atomic E-state index is 9.33. The van der Waals surface area contributed by atoms with Crippen molar-refractivity contribution in [2.75, 3.05) is 0 Å². The van der Waals surface area contributed by atoms with Crippen LogP contribution in [0.25, 0.3) is 11.1 Å². The van der Waals surface area contributed by atoms with Crippen LogP contribution in [0.3, 0.4) is 0 Å². The second-order valence-corrected chi connectivity index (χ2v) is 5.06. The Morgan fingerprint density at radius 2 is 1.94 bits per heavy atom. The highest BCUT2D eigenvalue weighted by atomic mass is 14.3. The third-order valence-corrected chi connectivity index (χ3v) is 3.54. The summed E-state index contributed by atoms with van der Waals surface area (Å²) in [5.74, 6) is 0.698. The van der Waals surface area contributed by atoms with Crippen LogP contribution in [0.5, 0.6) is 0 Å². The van der Waals surface area contributed by atoms with Crippen LogP contribution in [-0.2, 0) is 0 Å². The van der Waals surface area contributed by atoms with Crippen molar-refractivity contribution >= 4 is 0 Å². The Morgan fingerprint density at radius 1 is 1.11 bits per heavy atom. The molecule has 1 fully saturated rings. The third kappa shape index (κ3) is 2.02. The Bertz CT molecular complexity index is 630. The summed E-state index contributed by atoms with van der Waals surface area (Å²) in [4.78, 5) is 0. The van der Waals surface area contributed by atoms with Gasteiger partial charge in [0.1, 0.15) is 0 Å². The van der Waals surface area contributed by atoms with Gasteiger partial charge in [-0.15, -0.1) is 0 Å². The Kier molecular flexibility index (Phi) is 2.64. The SMILES string of the molecule is Cc1cccc(-c2ccc(C3CC3)cc2C#N)c1. The van der Waals surface area contributed by atoms with E-state index in [9.17, 15) is 5.26 Å². The zero-order valence-corrected chi connectivity index (χ0v) is 10.5. The third-order valence-electron chi connectivity index (χ3n) is 3.54. The molecule has 0 saturated heterocycles. The van der Waals surface area contributed by atoms with Crippen LogP contribution in [0.1, 0.15) is 35.4 Å². The lowest BCUT2D eigenvalue weighted by atomic mass is 9.96. The summed E-state index contributed by atoms with van der Waals surface area (Å²) in [7, 11) is 0. The minimum atomic E-state index is 0.698. The molecule has 1 aliphatic carbocycles. The van der Waals surface area contributed by atoms with Crippen LogP contribution in [0.4, 0.5) is 0 Å². The molecule has 0 unspecified atom stereocenters. The van der Waals surface area contributed by atoms with Crippen LogP contribution >= 0.6 is 0 Å². The van der Waals surface area contributed by atoms with Crippen molar-refractivity contribution in [3.63, 3.8) is 0 Å². The number of nitriles is 1. The molecule has 0 aliphatic heterocycles. The van der Waals surface area contributed by atoms with E-state index in [0.717, 1.165) is 16.7 Å². The molecule has 0 N–H and O–H groups in total.